The van der Waals surface area contributed by atoms with Crippen LogP contribution in [0.4, 0.5) is 18.9 Å². The highest BCUT2D eigenvalue weighted by Gasteiger charge is 2.36. The van der Waals surface area contributed by atoms with E-state index in [1.165, 1.54) is 12.1 Å². The van der Waals surface area contributed by atoms with E-state index < -0.39 is 37.1 Å². The Balaban J connectivity index is 1.92. The van der Waals surface area contributed by atoms with Gasteiger partial charge in [-0.1, -0.05) is 6.07 Å². The molecule has 2 rings (SSSR count). The van der Waals surface area contributed by atoms with Crippen LogP contribution in [0.3, 0.4) is 0 Å². The lowest BCUT2D eigenvalue weighted by atomic mass is 10.2. The van der Waals surface area contributed by atoms with E-state index >= 15 is 0 Å². The molecule has 1 heterocycles. The Morgan fingerprint density at radius 1 is 1.35 bits per heavy atom. The number of nitrogens with one attached hydrogen (secondary N) is 1. The van der Waals surface area contributed by atoms with Crippen LogP contribution >= 0.6 is 0 Å². The van der Waals surface area contributed by atoms with Crippen molar-refractivity contribution in [2.24, 2.45) is 0 Å². The molecule has 1 saturated heterocycles. The van der Waals surface area contributed by atoms with Crippen molar-refractivity contribution < 1.29 is 37.4 Å². The summed E-state index contributed by atoms with van der Waals surface area (Å²) in [4.78, 5) is 35.8. The van der Waals surface area contributed by atoms with Crippen molar-refractivity contribution in [2.45, 2.75) is 31.5 Å². The fourth-order valence-corrected chi connectivity index (χ4v) is 2.48. The Morgan fingerprint density at radius 2 is 2.08 bits per heavy atom. The van der Waals surface area contributed by atoms with Gasteiger partial charge in [-0.25, -0.2) is 4.79 Å². The van der Waals surface area contributed by atoms with Crippen molar-refractivity contribution in [3.8, 4) is 5.75 Å². The van der Waals surface area contributed by atoms with E-state index in [2.05, 4.69) is 0 Å². The van der Waals surface area contributed by atoms with Crippen molar-refractivity contribution >= 4 is 23.5 Å². The fraction of sp³-hybridized carbons (Fsp3) is 0.438. The van der Waals surface area contributed by atoms with Gasteiger partial charge in [-0.15, -0.1) is 0 Å². The molecule has 142 valence electrons. The van der Waals surface area contributed by atoms with E-state index in [0.717, 1.165) is 6.42 Å². The van der Waals surface area contributed by atoms with Gasteiger partial charge in [0, 0.05) is 24.7 Å². The van der Waals surface area contributed by atoms with E-state index in [1.807, 2.05) is 0 Å². The van der Waals surface area contributed by atoms with Gasteiger partial charge in [0.25, 0.3) is 5.91 Å². The second-order valence-electron chi connectivity index (χ2n) is 5.71. The first-order chi connectivity index (χ1) is 12.2. The number of aliphatic carboxylic acids is 1. The van der Waals surface area contributed by atoms with Gasteiger partial charge in [0.1, 0.15) is 11.8 Å². The van der Waals surface area contributed by atoms with Gasteiger partial charge in [-0.2, -0.15) is 13.2 Å². The summed E-state index contributed by atoms with van der Waals surface area (Å²) in [6.45, 7) is -0.0838. The Bertz CT molecular complexity index is 693. The number of nitrogens with zero attached hydrogens (tertiary/aromatic N) is 1. The van der Waals surface area contributed by atoms with Gasteiger partial charge in [-0.05, 0) is 18.6 Å². The maximum Gasteiger partial charge on any atom is 0.391 e. The minimum atomic E-state index is -4.73. The number of benzene rings is 1. The van der Waals surface area contributed by atoms with Crippen molar-refractivity contribution in [1.29, 1.82) is 0 Å². The molecule has 0 aromatic heterocycles. The summed E-state index contributed by atoms with van der Waals surface area (Å²) in [5, 5.41) is 10.5. The van der Waals surface area contributed by atoms with Crippen LogP contribution in [0.25, 0.3) is 0 Å². The van der Waals surface area contributed by atoms with E-state index in [1.54, 1.807) is 22.3 Å². The topological polar surface area (TPSA) is 95.9 Å². The lowest BCUT2D eigenvalue weighted by Crippen LogP contribution is -2.45. The number of rotatable bonds is 7. The zero-order valence-electron chi connectivity index (χ0n) is 13.6. The molecule has 1 aliphatic heterocycles. The highest BCUT2D eigenvalue weighted by atomic mass is 19.4. The van der Waals surface area contributed by atoms with Crippen LogP contribution < -0.4 is 15.0 Å². The molecule has 1 aromatic carbocycles. The molecule has 1 aliphatic rings. The lowest BCUT2D eigenvalue weighted by molar-refractivity contribution is -0.160. The number of ether oxygens (including phenoxy) is 1. The average Bonchev–Trinajstić information content (AvgIpc) is 2.97. The zero-order chi connectivity index (χ0) is 19.3. The van der Waals surface area contributed by atoms with Gasteiger partial charge >= 0.3 is 12.1 Å². The van der Waals surface area contributed by atoms with Gasteiger partial charge in [0.2, 0.25) is 5.91 Å². The number of carbonyl (C=O) groups excluding carboxylic acids is 2. The molecular weight excluding hydrogens is 357 g/mol. The Labute approximate surface area is 146 Å². The van der Waals surface area contributed by atoms with E-state index in [0.29, 0.717) is 18.7 Å². The summed E-state index contributed by atoms with van der Waals surface area (Å²) in [6, 6.07) is 4.26. The maximum absolute atomic E-state index is 12.3. The summed E-state index contributed by atoms with van der Waals surface area (Å²) in [6.07, 6.45) is -5.22. The summed E-state index contributed by atoms with van der Waals surface area (Å²) >= 11 is 0. The van der Waals surface area contributed by atoms with Crippen LogP contribution in [0.1, 0.15) is 19.3 Å². The molecule has 2 amide bonds. The summed E-state index contributed by atoms with van der Waals surface area (Å²) in [5.74, 6) is -2.58. The van der Waals surface area contributed by atoms with E-state index in [9.17, 15) is 27.6 Å². The number of amides is 2. The number of hydrogen-bond donors (Lipinski definition) is 2. The first kappa shape index (κ1) is 19.5. The fourth-order valence-electron chi connectivity index (χ4n) is 2.48. The predicted molar refractivity (Wildman–Crippen MR) is 83.8 cm³/mol. The minimum Gasteiger partial charge on any atom is -0.484 e. The lowest BCUT2D eigenvalue weighted by Gasteiger charge is -2.18. The molecular formula is C16H17F3N2O5. The second-order valence-corrected chi connectivity index (χ2v) is 5.71. The number of hydrogen-bond acceptors (Lipinski definition) is 4. The average molecular weight is 374 g/mol. The van der Waals surface area contributed by atoms with Crippen molar-refractivity contribution in [3.63, 3.8) is 0 Å². The van der Waals surface area contributed by atoms with Gasteiger partial charge in [0.15, 0.2) is 6.61 Å². The van der Waals surface area contributed by atoms with Gasteiger partial charge in [0.05, 0.1) is 6.42 Å². The molecule has 2 N–H and O–H groups in total. The number of anilines is 1. The van der Waals surface area contributed by atoms with Crippen LogP contribution in [0.5, 0.6) is 5.75 Å². The Kier molecular flexibility index (Phi) is 6.06. The predicted octanol–water partition coefficient (Wildman–Crippen LogP) is 1.71. The van der Waals surface area contributed by atoms with Crippen molar-refractivity contribution in [3.05, 3.63) is 24.3 Å². The first-order valence-electron chi connectivity index (χ1n) is 7.78. The van der Waals surface area contributed by atoms with Crippen LogP contribution in [0.2, 0.25) is 0 Å². The second kappa shape index (κ2) is 8.07. The maximum atomic E-state index is 12.3. The smallest absolute Gasteiger partial charge is 0.391 e. The molecule has 1 unspecified atom stereocenters. The summed E-state index contributed by atoms with van der Waals surface area (Å²) in [5.41, 5.74) is 0.589. The standard InChI is InChI=1S/C16H17F3N2O5/c17-16(18,19)8-12(15(24)25)20-13(22)9-26-11-4-1-3-10(7-11)21-6-2-5-14(21)23/h1,3-4,7,12H,2,5-6,8-9H2,(H,20,22)(H,24,25). The van der Waals surface area contributed by atoms with Gasteiger partial charge in [-0.3, -0.25) is 9.59 Å². The van der Waals surface area contributed by atoms with Gasteiger partial charge < -0.3 is 20.1 Å². The number of carbonyl (C=O) groups is 3. The molecule has 10 heteroatoms. The van der Waals surface area contributed by atoms with Crippen LogP contribution in [0, 0.1) is 0 Å². The number of carboxylic acids is 1. The van der Waals surface area contributed by atoms with Crippen LogP contribution in [-0.4, -0.2) is 48.3 Å². The molecule has 1 atom stereocenters. The quantitative estimate of drug-likeness (QED) is 0.758. The molecule has 1 aromatic rings. The minimum absolute atomic E-state index is 0.0312. The molecule has 0 radical (unpaired) electrons. The van der Waals surface area contributed by atoms with E-state index in [4.69, 9.17) is 9.84 Å². The largest absolute Gasteiger partial charge is 0.484 e. The highest BCUT2D eigenvalue weighted by molar-refractivity contribution is 5.95. The SMILES string of the molecule is O=C(COc1cccc(N2CCCC2=O)c1)NC(CC(F)(F)F)C(=O)O. The third-order valence-corrected chi connectivity index (χ3v) is 3.64. The third-order valence-electron chi connectivity index (χ3n) is 3.64. The first-order valence-corrected chi connectivity index (χ1v) is 7.78. The van der Waals surface area contributed by atoms with Crippen LogP contribution in [-0.2, 0) is 14.4 Å². The normalized spacial score (nSPS) is 15.7. The monoisotopic (exact) mass is 374 g/mol. The summed E-state index contributed by atoms with van der Waals surface area (Å²) < 4.78 is 42.1. The Hall–Kier alpha value is -2.78. The zero-order valence-corrected chi connectivity index (χ0v) is 13.6. The Morgan fingerprint density at radius 3 is 2.65 bits per heavy atom. The molecule has 0 bridgehead atoms. The van der Waals surface area contributed by atoms with Crippen molar-refractivity contribution in [2.75, 3.05) is 18.1 Å². The van der Waals surface area contributed by atoms with E-state index in [-0.39, 0.29) is 11.7 Å². The number of halogens is 3. The summed E-state index contributed by atoms with van der Waals surface area (Å²) in [7, 11) is 0. The molecule has 0 aliphatic carbocycles. The number of alkyl halides is 3. The molecule has 7 nitrogen and oxygen atoms in total. The van der Waals surface area contributed by atoms with Crippen molar-refractivity contribution in [1.82, 2.24) is 5.32 Å². The van der Waals surface area contributed by atoms with Crippen LogP contribution in [0.15, 0.2) is 24.3 Å². The molecule has 1 fully saturated rings. The highest BCUT2D eigenvalue weighted by Crippen LogP contribution is 2.25. The molecule has 0 spiro atoms. The number of carboxylic acid groups (broad SMARTS) is 1. The molecule has 26 heavy (non-hydrogen) atoms. The molecule has 0 saturated carbocycles. The third kappa shape index (κ3) is 5.64.